The molecule has 1 fully saturated rings. The quantitative estimate of drug-likeness (QED) is 0.926. The van der Waals surface area contributed by atoms with Crippen LogP contribution in [0, 0.1) is 6.92 Å². The first kappa shape index (κ1) is 17.1. The maximum Gasteiger partial charge on any atom is 0.321 e. The number of hydrogen-bond acceptors (Lipinski definition) is 3. The van der Waals surface area contributed by atoms with Crippen molar-refractivity contribution < 1.29 is 9.53 Å². The Morgan fingerprint density at radius 2 is 1.92 bits per heavy atom. The van der Waals surface area contributed by atoms with Crippen molar-refractivity contribution in [3.8, 4) is 5.75 Å². The van der Waals surface area contributed by atoms with E-state index in [0.717, 1.165) is 18.0 Å². The molecule has 1 heterocycles. The van der Waals surface area contributed by atoms with Crippen LogP contribution in [0.2, 0.25) is 0 Å². The molecular weight excluding hydrogens is 314 g/mol. The molecule has 25 heavy (non-hydrogen) atoms. The molecule has 0 unspecified atom stereocenters. The summed E-state index contributed by atoms with van der Waals surface area (Å²) < 4.78 is 5.20. The number of carbonyl (C=O) groups excluding carboxylic acids is 1. The van der Waals surface area contributed by atoms with E-state index in [1.54, 1.807) is 7.11 Å². The lowest BCUT2D eigenvalue weighted by atomic mass is 10.1. The average Bonchev–Trinajstić information content (AvgIpc) is 2.62. The molecular formula is C20H25N3O2. The van der Waals surface area contributed by atoms with Crippen LogP contribution < -0.4 is 15.0 Å². The fourth-order valence-electron chi connectivity index (χ4n) is 3.17. The molecule has 132 valence electrons. The molecule has 5 heteroatoms. The highest BCUT2D eigenvalue weighted by Gasteiger charge is 2.26. The van der Waals surface area contributed by atoms with Crippen molar-refractivity contribution in [1.29, 1.82) is 0 Å². The Hall–Kier alpha value is -2.69. The largest absolute Gasteiger partial charge is 0.497 e. The maximum atomic E-state index is 12.6. The van der Waals surface area contributed by atoms with Crippen LogP contribution in [0.3, 0.4) is 0 Å². The third-order valence-electron chi connectivity index (χ3n) is 4.60. The number of anilines is 2. The molecule has 2 aromatic rings. The van der Waals surface area contributed by atoms with E-state index in [4.69, 9.17) is 4.74 Å². The normalized spacial score (nSPS) is 17.3. The Kier molecular flexibility index (Phi) is 5.12. The van der Waals surface area contributed by atoms with Gasteiger partial charge in [-0.05, 0) is 38.1 Å². The lowest BCUT2D eigenvalue weighted by Crippen LogP contribution is -2.54. The Labute approximate surface area is 149 Å². The smallest absolute Gasteiger partial charge is 0.321 e. The zero-order valence-electron chi connectivity index (χ0n) is 15.0. The summed E-state index contributed by atoms with van der Waals surface area (Å²) >= 11 is 0. The van der Waals surface area contributed by atoms with Gasteiger partial charge in [-0.1, -0.05) is 23.8 Å². The fraction of sp³-hybridized carbons (Fsp3) is 0.350. The Bertz CT molecular complexity index is 730. The van der Waals surface area contributed by atoms with Gasteiger partial charge in [0.05, 0.1) is 7.11 Å². The molecule has 0 aromatic heterocycles. The minimum atomic E-state index is -0.0661. The number of hydrogen-bond donors (Lipinski definition) is 1. The first-order valence-electron chi connectivity index (χ1n) is 8.60. The highest BCUT2D eigenvalue weighted by Crippen LogP contribution is 2.22. The van der Waals surface area contributed by atoms with Gasteiger partial charge in [-0.2, -0.15) is 0 Å². The van der Waals surface area contributed by atoms with Gasteiger partial charge >= 0.3 is 6.03 Å². The lowest BCUT2D eigenvalue weighted by Gasteiger charge is -2.41. The van der Waals surface area contributed by atoms with Crippen LogP contribution in [0.25, 0.3) is 0 Å². The number of nitrogens with zero attached hydrogens (tertiary/aromatic N) is 2. The topological polar surface area (TPSA) is 44.8 Å². The van der Waals surface area contributed by atoms with Crippen LogP contribution in [0.4, 0.5) is 16.2 Å². The van der Waals surface area contributed by atoms with E-state index in [1.165, 1.54) is 11.3 Å². The summed E-state index contributed by atoms with van der Waals surface area (Å²) in [6.45, 7) is 6.48. The van der Waals surface area contributed by atoms with Crippen LogP contribution in [0.1, 0.15) is 12.5 Å². The molecule has 0 bridgehead atoms. The number of rotatable bonds is 3. The Morgan fingerprint density at radius 3 is 2.60 bits per heavy atom. The summed E-state index contributed by atoms with van der Waals surface area (Å²) in [5.41, 5.74) is 3.22. The van der Waals surface area contributed by atoms with Crippen LogP contribution in [0.5, 0.6) is 5.75 Å². The monoisotopic (exact) mass is 339 g/mol. The van der Waals surface area contributed by atoms with Crippen molar-refractivity contribution in [2.75, 3.05) is 37.0 Å². The molecule has 1 aliphatic heterocycles. The van der Waals surface area contributed by atoms with Crippen molar-refractivity contribution in [1.82, 2.24) is 4.90 Å². The van der Waals surface area contributed by atoms with Gasteiger partial charge in [-0.3, -0.25) is 0 Å². The summed E-state index contributed by atoms with van der Waals surface area (Å²) in [6, 6.07) is 16.2. The molecule has 1 aliphatic rings. The van der Waals surface area contributed by atoms with Gasteiger partial charge in [0.1, 0.15) is 5.75 Å². The van der Waals surface area contributed by atoms with Gasteiger partial charge in [0.2, 0.25) is 0 Å². The zero-order chi connectivity index (χ0) is 17.8. The molecule has 0 saturated carbocycles. The molecule has 1 saturated heterocycles. The summed E-state index contributed by atoms with van der Waals surface area (Å²) in [4.78, 5) is 16.8. The minimum absolute atomic E-state index is 0.0661. The Morgan fingerprint density at radius 1 is 1.16 bits per heavy atom. The molecule has 2 aromatic carbocycles. The predicted molar refractivity (Wildman–Crippen MR) is 102 cm³/mol. The molecule has 5 nitrogen and oxygen atoms in total. The fourth-order valence-corrected chi connectivity index (χ4v) is 3.17. The van der Waals surface area contributed by atoms with Gasteiger partial charge in [-0.15, -0.1) is 0 Å². The van der Waals surface area contributed by atoms with E-state index in [0.29, 0.717) is 13.1 Å². The highest BCUT2D eigenvalue weighted by molar-refractivity contribution is 5.89. The van der Waals surface area contributed by atoms with E-state index < -0.39 is 0 Å². The number of urea groups is 1. The lowest BCUT2D eigenvalue weighted by molar-refractivity contribution is 0.200. The third-order valence-corrected chi connectivity index (χ3v) is 4.60. The van der Waals surface area contributed by atoms with Gasteiger partial charge in [0, 0.05) is 43.1 Å². The van der Waals surface area contributed by atoms with Crippen LogP contribution >= 0.6 is 0 Å². The van der Waals surface area contributed by atoms with Gasteiger partial charge in [0.25, 0.3) is 0 Å². The van der Waals surface area contributed by atoms with Crippen LogP contribution in [-0.4, -0.2) is 43.7 Å². The first-order chi connectivity index (χ1) is 12.1. The molecule has 0 radical (unpaired) electrons. The standard InChI is InChI=1S/C20H25N3O2/c1-15-7-9-18(10-8-15)23-12-11-22(14-16(23)2)20(24)21-17-5-4-6-19(13-17)25-3/h4-10,13,16H,11-12,14H2,1-3H3,(H,21,24)/t16-/m0/s1. The van der Waals surface area contributed by atoms with Crippen molar-refractivity contribution in [3.05, 3.63) is 54.1 Å². The third kappa shape index (κ3) is 4.05. The summed E-state index contributed by atoms with van der Waals surface area (Å²) in [6.07, 6.45) is 0. The minimum Gasteiger partial charge on any atom is -0.497 e. The van der Waals surface area contributed by atoms with E-state index in [2.05, 4.69) is 48.3 Å². The van der Waals surface area contributed by atoms with Gasteiger partial charge < -0.3 is 19.9 Å². The second-order valence-electron chi connectivity index (χ2n) is 6.49. The van der Waals surface area contributed by atoms with Crippen molar-refractivity contribution in [2.24, 2.45) is 0 Å². The van der Waals surface area contributed by atoms with E-state index in [-0.39, 0.29) is 12.1 Å². The summed E-state index contributed by atoms with van der Waals surface area (Å²) in [7, 11) is 1.62. The van der Waals surface area contributed by atoms with Gasteiger partial charge in [0.15, 0.2) is 0 Å². The number of amides is 2. The molecule has 1 atom stereocenters. The zero-order valence-corrected chi connectivity index (χ0v) is 15.0. The van der Waals surface area contributed by atoms with Crippen molar-refractivity contribution in [2.45, 2.75) is 19.9 Å². The van der Waals surface area contributed by atoms with E-state index in [9.17, 15) is 4.79 Å². The summed E-state index contributed by atoms with van der Waals surface area (Å²) in [5, 5.41) is 2.96. The molecule has 0 spiro atoms. The number of methoxy groups -OCH3 is 1. The number of nitrogens with one attached hydrogen (secondary N) is 1. The molecule has 3 rings (SSSR count). The number of ether oxygens (including phenoxy) is 1. The van der Waals surface area contributed by atoms with E-state index >= 15 is 0 Å². The molecule has 1 N–H and O–H groups in total. The predicted octanol–water partition coefficient (Wildman–Crippen LogP) is 3.75. The number of piperazine rings is 1. The number of carbonyl (C=O) groups is 1. The van der Waals surface area contributed by atoms with Crippen molar-refractivity contribution in [3.63, 3.8) is 0 Å². The van der Waals surface area contributed by atoms with Crippen LogP contribution in [0.15, 0.2) is 48.5 Å². The molecule has 0 aliphatic carbocycles. The first-order valence-corrected chi connectivity index (χ1v) is 8.60. The van der Waals surface area contributed by atoms with Gasteiger partial charge in [-0.25, -0.2) is 4.79 Å². The molecule has 2 amide bonds. The average molecular weight is 339 g/mol. The second kappa shape index (κ2) is 7.47. The van der Waals surface area contributed by atoms with Crippen LogP contribution in [-0.2, 0) is 0 Å². The Balaban J connectivity index is 1.61. The number of aryl methyl sites for hydroxylation is 1. The second-order valence-corrected chi connectivity index (χ2v) is 6.49. The highest BCUT2D eigenvalue weighted by atomic mass is 16.5. The maximum absolute atomic E-state index is 12.6. The number of benzene rings is 2. The summed E-state index contributed by atoms with van der Waals surface area (Å²) in [5.74, 6) is 0.732. The van der Waals surface area contributed by atoms with Crippen molar-refractivity contribution >= 4 is 17.4 Å². The van der Waals surface area contributed by atoms with E-state index in [1.807, 2.05) is 29.2 Å². The SMILES string of the molecule is COc1cccc(NC(=O)N2CCN(c3ccc(C)cc3)[C@@H](C)C2)c1.